The Morgan fingerprint density at radius 3 is 2.62 bits per heavy atom. The molecule has 0 saturated carbocycles. The first-order chi connectivity index (χ1) is 12.6. The van der Waals surface area contributed by atoms with Crippen LogP contribution in [0.4, 0.5) is 0 Å². The number of aryl methyl sites for hydroxylation is 1. The van der Waals surface area contributed by atoms with Crippen molar-refractivity contribution >= 4 is 10.9 Å². The molecule has 0 aliphatic rings. The highest BCUT2D eigenvalue weighted by Gasteiger charge is 2.12. The maximum absolute atomic E-state index is 12.6. The largest absolute Gasteiger partial charge is 0.497 e. The molecule has 2 aromatic carbocycles. The van der Waals surface area contributed by atoms with E-state index in [-0.39, 0.29) is 18.7 Å². The summed E-state index contributed by atoms with van der Waals surface area (Å²) in [5.41, 5.74) is 1.50. The molecule has 1 N–H and O–H groups in total. The van der Waals surface area contributed by atoms with Gasteiger partial charge in [0.15, 0.2) is 0 Å². The number of aliphatic hydroxyl groups is 1. The molecule has 0 aliphatic heterocycles. The van der Waals surface area contributed by atoms with E-state index in [1.165, 1.54) is 4.57 Å². The van der Waals surface area contributed by atoms with Gasteiger partial charge in [0.25, 0.3) is 5.56 Å². The van der Waals surface area contributed by atoms with Crippen molar-refractivity contribution in [2.24, 2.45) is 0 Å². The molecule has 0 fully saturated rings. The number of nitrogens with zero attached hydrogens (tertiary/aromatic N) is 2. The minimum Gasteiger partial charge on any atom is -0.497 e. The first-order valence-corrected chi connectivity index (χ1v) is 8.43. The third-order valence-corrected chi connectivity index (χ3v) is 4.18. The van der Waals surface area contributed by atoms with Crippen LogP contribution < -0.4 is 10.3 Å². The standard InChI is InChI=1S/C20H22N2O4/c1-14-21-19-6-4-3-5-18(19)20(24)22(14)11-16(23)13-26-12-15-7-9-17(25-2)10-8-15/h3-10,16,23H,11-13H2,1-2H3/t16-/m1/s1. The van der Waals surface area contributed by atoms with Crippen LogP contribution >= 0.6 is 0 Å². The van der Waals surface area contributed by atoms with Crippen LogP contribution in [0.25, 0.3) is 10.9 Å². The van der Waals surface area contributed by atoms with Gasteiger partial charge >= 0.3 is 0 Å². The Hall–Kier alpha value is -2.70. The van der Waals surface area contributed by atoms with Gasteiger partial charge in [0.1, 0.15) is 11.6 Å². The predicted octanol–water partition coefficient (Wildman–Crippen LogP) is 2.29. The number of aromatic nitrogens is 2. The van der Waals surface area contributed by atoms with E-state index >= 15 is 0 Å². The molecule has 0 saturated heterocycles. The second-order valence-electron chi connectivity index (χ2n) is 6.11. The van der Waals surface area contributed by atoms with Gasteiger partial charge in [-0.15, -0.1) is 0 Å². The van der Waals surface area contributed by atoms with Crippen molar-refractivity contribution in [3.63, 3.8) is 0 Å². The second kappa shape index (κ2) is 8.12. The molecule has 26 heavy (non-hydrogen) atoms. The summed E-state index contributed by atoms with van der Waals surface area (Å²) in [7, 11) is 1.62. The van der Waals surface area contributed by atoms with E-state index in [1.54, 1.807) is 26.2 Å². The molecule has 3 aromatic rings. The second-order valence-corrected chi connectivity index (χ2v) is 6.11. The van der Waals surface area contributed by atoms with Gasteiger partial charge < -0.3 is 14.6 Å². The van der Waals surface area contributed by atoms with E-state index in [0.29, 0.717) is 23.3 Å². The number of benzene rings is 2. The van der Waals surface area contributed by atoms with Gasteiger partial charge in [0, 0.05) is 0 Å². The van der Waals surface area contributed by atoms with Gasteiger partial charge in [-0.3, -0.25) is 9.36 Å². The van der Waals surface area contributed by atoms with Gasteiger partial charge in [0.2, 0.25) is 0 Å². The third-order valence-electron chi connectivity index (χ3n) is 4.18. The fourth-order valence-corrected chi connectivity index (χ4v) is 2.79. The molecule has 0 aliphatic carbocycles. The Labute approximate surface area is 151 Å². The van der Waals surface area contributed by atoms with Crippen LogP contribution in [0, 0.1) is 6.92 Å². The first kappa shape index (κ1) is 18.1. The Morgan fingerprint density at radius 2 is 1.88 bits per heavy atom. The lowest BCUT2D eigenvalue weighted by molar-refractivity contribution is 0.0195. The molecule has 6 heteroatoms. The zero-order valence-corrected chi connectivity index (χ0v) is 14.9. The maximum atomic E-state index is 12.6. The van der Waals surface area contributed by atoms with E-state index in [2.05, 4.69) is 4.98 Å². The molecule has 3 rings (SSSR count). The zero-order chi connectivity index (χ0) is 18.5. The van der Waals surface area contributed by atoms with Gasteiger partial charge in [0.05, 0.1) is 43.9 Å². The number of methoxy groups -OCH3 is 1. The van der Waals surface area contributed by atoms with Crippen molar-refractivity contribution in [1.29, 1.82) is 0 Å². The van der Waals surface area contributed by atoms with Gasteiger partial charge in [-0.1, -0.05) is 24.3 Å². The number of fused-ring (bicyclic) bond motifs is 1. The Balaban J connectivity index is 1.62. The molecule has 1 heterocycles. The summed E-state index contributed by atoms with van der Waals surface area (Å²) in [5.74, 6) is 1.36. The van der Waals surface area contributed by atoms with Crippen molar-refractivity contribution in [3.05, 3.63) is 70.3 Å². The quantitative estimate of drug-likeness (QED) is 0.705. The lowest BCUT2D eigenvalue weighted by atomic mass is 10.2. The minimum atomic E-state index is -0.799. The molecule has 0 amide bonds. The Kier molecular flexibility index (Phi) is 5.65. The van der Waals surface area contributed by atoms with E-state index in [9.17, 15) is 9.90 Å². The normalized spacial score (nSPS) is 12.3. The lowest BCUT2D eigenvalue weighted by Crippen LogP contribution is -2.31. The number of hydrogen-bond donors (Lipinski definition) is 1. The van der Waals surface area contributed by atoms with E-state index in [0.717, 1.165) is 11.3 Å². The molecule has 0 unspecified atom stereocenters. The summed E-state index contributed by atoms with van der Waals surface area (Å²) < 4.78 is 12.2. The molecule has 1 aromatic heterocycles. The molecule has 6 nitrogen and oxygen atoms in total. The van der Waals surface area contributed by atoms with E-state index in [4.69, 9.17) is 9.47 Å². The maximum Gasteiger partial charge on any atom is 0.261 e. The zero-order valence-electron chi connectivity index (χ0n) is 14.9. The van der Waals surface area contributed by atoms with Crippen LogP contribution in [0.15, 0.2) is 53.3 Å². The highest BCUT2D eigenvalue weighted by atomic mass is 16.5. The van der Waals surface area contributed by atoms with Gasteiger partial charge in [-0.25, -0.2) is 4.98 Å². The first-order valence-electron chi connectivity index (χ1n) is 8.43. The minimum absolute atomic E-state index is 0.130. The number of hydrogen-bond acceptors (Lipinski definition) is 5. The highest BCUT2D eigenvalue weighted by molar-refractivity contribution is 5.77. The fraction of sp³-hybridized carbons (Fsp3) is 0.300. The molecule has 0 radical (unpaired) electrons. The summed E-state index contributed by atoms with van der Waals surface area (Å²) in [6.45, 7) is 2.42. The lowest BCUT2D eigenvalue weighted by Gasteiger charge is -2.15. The average Bonchev–Trinajstić information content (AvgIpc) is 2.66. The highest BCUT2D eigenvalue weighted by Crippen LogP contribution is 2.12. The van der Waals surface area contributed by atoms with Crippen molar-refractivity contribution in [3.8, 4) is 5.75 Å². The van der Waals surface area contributed by atoms with Gasteiger partial charge in [-0.05, 0) is 36.8 Å². The van der Waals surface area contributed by atoms with Crippen LogP contribution in [0.1, 0.15) is 11.4 Å². The van der Waals surface area contributed by atoms with Crippen LogP contribution in [0.3, 0.4) is 0 Å². The predicted molar refractivity (Wildman–Crippen MR) is 99.4 cm³/mol. The molecule has 136 valence electrons. The van der Waals surface area contributed by atoms with Crippen LogP contribution in [0.2, 0.25) is 0 Å². The summed E-state index contributed by atoms with van der Waals surface area (Å²) >= 11 is 0. The number of rotatable bonds is 7. The number of aliphatic hydroxyl groups excluding tert-OH is 1. The fourth-order valence-electron chi connectivity index (χ4n) is 2.79. The monoisotopic (exact) mass is 354 g/mol. The summed E-state index contributed by atoms with van der Waals surface area (Å²) in [4.78, 5) is 17.0. The van der Waals surface area contributed by atoms with Crippen molar-refractivity contribution in [1.82, 2.24) is 9.55 Å². The van der Waals surface area contributed by atoms with E-state index < -0.39 is 6.10 Å². The molecule has 1 atom stereocenters. The molecule has 0 bridgehead atoms. The average molecular weight is 354 g/mol. The van der Waals surface area contributed by atoms with Crippen LogP contribution in [-0.4, -0.2) is 34.5 Å². The van der Waals surface area contributed by atoms with E-state index in [1.807, 2.05) is 36.4 Å². The molecular formula is C20H22N2O4. The Morgan fingerprint density at radius 1 is 1.15 bits per heavy atom. The van der Waals surface area contributed by atoms with Crippen molar-refractivity contribution in [2.45, 2.75) is 26.2 Å². The summed E-state index contributed by atoms with van der Waals surface area (Å²) in [6.07, 6.45) is -0.799. The van der Waals surface area contributed by atoms with Crippen molar-refractivity contribution < 1.29 is 14.6 Å². The van der Waals surface area contributed by atoms with Crippen LogP contribution in [0.5, 0.6) is 5.75 Å². The smallest absolute Gasteiger partial charge is 0.261 e. The van der Waals surface area contributed by atoms with Crippen molar-refractivity contribution in [2.75, 3.05) is 13.7 Å². The Bertz CT molecular complexity index is 935. The van der Waals surface area contributed by atoms with Gasteiger partial charge in [-0.2, -0.15) is 0 Å². The number of ether oxygens (including phenoxy) is 2. The number of para-hydroxylation sites is 1. The molecular weight excluding hydrogens is 332 g/mol. The SMILES string of the molecule is COc1ccc(COC[C@H](O)Cn2c(C)nc3ccccc3c2=O)cc1. The summed E-state index contributed by atoms with van der Waals surface area (Å²) in [6, 6.07) is 14.7. The molecule has 0 spiro atoms. The van der Waals surface area contributed by atoms with Crippen LogP contribution in [-0.2, 0) is 17.9 Å². The summed E-state index contributed by atoms with van der Waals surface area (Å²) in [5, 5.41) is 10.8. The topological polar surface area (TPSA) is 73.6 Å². The third kappa shape index (κ3) is 4.09.